The molecule has 1 aliphatic carbocycles. The number of nitrogens with one attached hydrogen (secondary N) is 1. The molecule has 1 amide bonds. The first-order valence-corrected chi connectivity index (χ1v) is 15.0. The van der Waals surface area contributed by atoms with Crippen LogP contribution in [-0.4, -0.2) is 56.7 Å². The van der Waals surface area contributed by atoms with Gasteiger partial charge in [-0.25, -0.2) is 8.42 Å². The zero-order valence-corrected chi connectivity index (χ0v) is 23.6. The molecule has 1 atom stereocenters. The fourth-order valence-corrected chi connectivity index (χ4v) is 5.85. The van der Waals surface area contributed by atoms with Crippen molar-refractivity contribution in [2.45, 2.75) is 49.7 Å². The van der Waals surface area contributed by atoms with E-state index in [1.54, 1.807) is 43.3 Å². The molecule has 12 heteroatoms. The predicted octanol–water partition coefficient (Wildman–Crippen LogP) is 5.25. The number of amides is 1. The minimum absolute atomic E-state index is 0.0201. The van der Waals surface area contributed by atoms with Crippen molar-refractivity contribution in [3.05, 3.63) is 59.7 Å². The zero-order valence-electron chi connectivity index (χ0n) is 22.8. The van der Waals surface area contributed by atoms with Crippen LogP contribution in [0.1, 0.15) is 54.6 Å². The Morgan fingerprint density at radius 2 is 1.78 bits per heavy atom. The van der Waals surface area contributed by atoms with Crippen molar-refractivity contribution < 1.29 is 41.0 Å². The van der Waals surface area contributed by atoms with Crippen LogP contribution < -0.4 is 14.8 Å². The number of aliphatic hydroxyl groups excluding tert-OH is 1. The fraction of sp³-hybridized carbons (Fsp3) is 0.448. The van der Waals surface area contributed by atoms with Gasteiger partial charge in [0.1, 0.15) is 0 Å². The summed E-state index contributed by atoms with van der Waals surface area (Å²) in [5.41, 5.74) is 0.841. The second-order valence-electron chi connectivity index (χ2n) is 10.2. The second kappa shape index (κ2) is 12.6. The van der Waals surface area contributed by atoms with E-state index in [0.717, 1.165) is 0 Å². The number of ether oxygens (including phenoxy) is 2. The summed E-state index contributed by atoms with van der Waals surface area (Å²) in [5.74, 6) is -1.27. The number of rotatable bonds is 10. The summed E-state index contributed by atoms with van der Waals surface area (Å²) in [6.45, 7) is 1.37. The van der Waals surface area contributed by atoms with E-state index < -0.39 is 40.5 Å². The molecule has 3 aromatic rings. The van der Waals surface area contributed by atoms with Gasteiger partial charge in [-0.2, -0.15) is 18.2 Å². The van der Waals surface area contributed by atoms with Crippen molar-refractivity contribution >= 4 is 26.5 Å². The summed E-state index contributed by atoms with van der Waals surface area (Å²) in [5, 5.41) is 13.9. The lowest BCUT2D eigenvalue weighted by molar-refractivity contribution is -0.184. The van der Waals surface area contributed by atoms with Crippen LogP contribution in [0.5, 0.6) is 11.8 Å². The molecular formula is C29H33F3N2O6S. The van der Waals surface area contributed by atoms with Crippen molar-refractivity contribution in [3.63, 3.8) is 0 Å². The number of carbonyl (C=O) groups excluding carboxylic acids is 1. The van der Waals surface area contributed by atoms with Crippen molar-refractivity contribution in [1.29, 1.82) is 0 Å². The zero-order chi connectivity index (χ0) is 29.8. The number of halogens is 3. The molecule has 1 aliphatic rings. The highest BCUT2D eigenvalue weighted by atomic mass is 32.2. The summed E-state index contributed by atoms with van der Waals surface area (Å²) in [7, 11) is -1.94. The lowest BCUT2D eigenvalue weighted by atomic mass is 9.82. The van der Waals surface area contributed by atoms with Crippen molar-refractivity contribution in [2.24, 2.45) is 11.8 Å². The average Bonchev–Trinajstić information content (AvgIpc) is 2.97. The van der Waals surface area contributed by atoms with Gasteiger partial charge < -0.3 is 19.9 Å². The van der Waals surface area contributed by atoms with Gasteiger partial charge >= 0.3 is 6.18 Å². The fourth-order valence-electron chi connectivity index (χ4n) is 4.96. The maximum absolute atomic E-state index is 13.1. The Hall–Kier alpha value is -3.38. The van der Waals surface area contributed by atoms with Crippen LogP contribution in [0.25, 0.3) is 10.8 Å². The van der Waals surface area contributed by atoms with E-state index in [0.29, 0.717) is 34.7 Å². The normalized spacial score (nSPS) is 18.6. The third-order valence-corrected chi connectivity index (χ3v) is 9.27. The molecule has 41 heavy (non-hydrogen) atoms. The van der Waals surface area contributed by atoms with Crippen molar-refractivity contribution in [1.82, 2.24) is 10.3 Å². The van der Waals surface area contributed by atoms with Crippen molar-refractivity contribution in [3.8, 4) is 11.8 Å². The lowest BCUT2D eigenvalue weighted by Gasteiger charge is -2.29. The lowest BCUT2D eigenvalue weighted by Crippen LogP contribution is -2.30. The third-order valence-electron chi connectivity index (χ3n) is 7.52. The topological polar surface area (TPSA) is 115 Å². The number of nitrogens with zero attached hydrogens (tertiary/aromatic N) is 1. The summed E-state index contributed by atoms with van der Waals surface area (Å²) in [6, 6.07) is 11.8. The Labute approximate surface area is 236 Å². The van der Waals surface area contributed by atoms with Crippen molar-refractivity contribution in [2.75, 3.05) is 26.1 Å². The molecule has 4 rings (SSSR count). The van der Waals surface area contributed by atoms with E-state index in [-0.39, 0.29) is 47.8 Å². The first-order chi connectivity index (χ1) is 19.4. The SMILES string of the molecule is CCS(=O)(=O)c1ccc([C@H](CO)NC(=O)c2ccc3c(OCC4CCC(C(F)(F)F)CC4)nc(OC)cc3c2)cc1. The highest BCUT2D eigenvalue weighted by Crippen LogP contribution is 2.40. The molecule has 2 aromatic carbocycles. The molecule has 0 radical (unpaired) electrons. The van der Waals surface area contributed by atoms with Crippen LogP contribution in [0.15, 0.2) is 53.4 Å². The smallest absolute Gasteiger partial charge is 0.391 e. The summed E-state index contributed by atoms with van der Waals surface area (Å²) in [4.78, 5) is 17.6. The number of hydrogen-bond acceptors (Lipinski definition) is 7. The Kier molecular flexibility index (Phi) is 9.43. The summed E-state index contributed by atoms with van der Waals surface area (Å²) < 4.78 is 74.4. The minimum Gasteiger partial charge on any atom is -0.481 e. The number of hydrogen-bond donors (Lipinski definition) is 2. The van der Waals surface area contributed by atoms with Gasteiger partial charge in [0.25, 0.3) is 5.91 Å². The van der Waals surface area contributed by atoms with Gasteiger partial charge in [0, 0.05) is 17.0 Å². The van der Waals surface area contributed by atoms with E-state index >= 15 is 0 Å². The largest absolute Gasteiger partial charge is 0.481 e. The van der Waals surface area contributed by atoms with E-state index in [9.17, 15) is 31.5 Å². The first-order valence-electron chi connectivity index (χ1n) is 13.4. The maximum Gasteiger partial charge on any atom is 0.391 e. The first kappa shape index (κ1) is 30.6. The molecule has 8 nitrogen and oxygen atoms in total. The van der Waals surface area contributed by atoms with E-state index in [1.807, 2.05) is 0 Å². The van der Waals surface area contributed by atoms with Crippen LogP contribution in [0.2, 0.25) is 0 Å². The van der Waals surface area contributed by atoms with Crippen LogP contribution in [0.3, 0.4) is 0 Å². The number of sulfone groups is 1. The molecule has 1 saturated carbocycles. The van der Waals surface area contributed by atoms with Gasteiger partial charge in [0.15, 0.2) is 9.84 Å². The van der Waals surface area contributed by atoms with Crippen LogP contribution in [0.4, 0.5) is 13.2 Å². The summed E-state index contributed by atoms with van der Waals surface area (Å²) >= 11 is 0. The predicted molar refractivity (Wildman–Crippen MR) is 147 cm³/mol. The van der Waals surface area contributed by atoms with Gasteiger partial charge in [-0.05, 0) is 72.9 Å². The number of alkyl halides is 3. The third kappa shape index (κ3) is 7.28. The summed E-state index contributed by atoms with van der Waals surface area (Å²) in [6.07, 6.45) is -3.17. The number of methoxy groups -OCH3 is 1. The Morgan fingerprint density at radius 3 is 2.37 bits per heavy atom. The number of aromatic nitrogens is 1. The number of fused-ring (bicyclic) bond motifs is 1. The highest BCUT2D eigenvalue weighted by Gasteiger charge is 2.41. The molecule has 1 aromatic heterocycles. The highest BCUT2D eigenvalue weighted by molar-refractivity contribution is 7.91. The van der Waals surface area contributed by atoms with Gasteiger partial charge in [0.05, 0.1) is 42.9 Å². The molecule has 0 aliphatic heterocycles. The monoisotopic (exact) mass is 594 g/mol. The van der Waals surface area contributed by atoms with E-state index in [2.05, 4.69) is 10.3 Å². The molecular weight excluding hydrogens is 561 g/mol. The van der Waals surface area contributed by atoms with Crippen LogP contribution in [-0.2, 0) is 9.84 Å². The Balaban J connectivity index is 1.48. The quantitative estimate of drug-likeness (QED) is 0.330. The Bertz CT molecular complexity index is 1470. The van der Waals surface area contributed by atoms with Gasteiger partial charge in [0.2, 0.25) is 11.8 Å². The van der Waals surface area contributed by atoms with Crippen LogP contribution in [0, 0.1) is 11.8 Å². The van der Waals surface area contributed by atoms with Gasteiger partial charge in [-0.15, -0.1) is 0 Å². The molecule has 0 unspecified atom stereocenters. The number of benzene rings is 2. The number of aliphatic hydroxyl groups is 1. The molecule has 222 valence electrons. The number of pyridine rings is 1. The molecule has 0 spiro atoms. The standard InChI is InChI=1S/C29H33F3N2O6S/c1-3-41(37,38)23-11-6-19(7-12-23)25(16-35)33-27(36)20-8-13-24-21(14-20)15-26(39-2)34-28(24)40-17-18-4-9-22(10-5-18)29(30,31)32/h6-8,11-15,18,22,25,35H,3-5,9-10,16-17H2,1-2H3,(H,33,36)/t18?,22?,25-/m0/s1. The van der Waals surface area contributed by atoms with E-state index in [4.69, 9.17) is 9.47 Å². The molecule has 1 fully saturated rings. The average molecular weight is 595 g/mol. The molecule has 2 N–H and O–H groups in total. The van der Waals surface area contributed by atoms with Gasteiger partial charge in [-0.3, -0.25) is 4.79 Å². The molecule has 1 heterocycles. The second-order valence-corrected chi connectivity index (χ2v) is 12.4. The molecule has 0 bridgehead atoms. The maximum atomic E-state index is 13.1. The molecule has 0 saturated heterocycles. The van der Waals surface area contributed by atoms with Gasteiger partial charge in [-0.1, -0.05) is 19.1 Å². The Morgan fingerprint density at radius 1 is 1.10 bits per heavy atom. The minimum atomic E-state index is -4.17. The number of carbonyl (C=O) groups is 1. The van der Waals surface area contributed by atoms with Crippen LogP contribution >= 0.6 is 0 Å². The van der Waals surface area contributed by atoms with E-state index in [1.165, 1.54) is 19.2 Å².